The van der Waals surface area contributed by atoms with E-state index in [9.17, 15) is 14.0 Å². The molecular weight excluding hydrogens is 345 g/mol. The zero-order valence-electron chi connectivity index (χ0n) is 15.4. The van der Waals surface area contributed by atoms with Gasteiger partial charge in [0.15, 0.2) is 0 Å². The van der Waals surface area contributed by atoms with Gasteiger partial charge in [0.1, 0.15) is 5.82 Å². The number of amides is 2. The minimum Gasteiger partial charge on any atom is -0.371 e. The Bertz CT molecular complexity index is 815. The fourth-order valence-electron chi connectivity index (χ4n) is 3.17. The van der Waals surface area contributed by atoms with Gasteiger partial charge in [0.05, 0.1) is 5.56 Å². The number of hydrogen-bond donors (Lipinski definition) is 2. The molecule has 27 heavy (non-hydrogen) atoms. The van der Waals surface area contributed by atoms with Crippen molar-refractivity contribution < 1.29 is 14.0 Å². The Morgan fingerprint density at radius 2 is 1.74 bits per heavy atom. The minimum absolute atomic E-state index is 0.142. The first-order valence-corrected chi connectivity index (χ1v) is 9.32. The summed E-state index contributed by atoms with van der Waals surface area (Å²) in [6, 6.07) is 10.7. The first-order chi connectivity index (χ1) is 13.1. The summed E-state index contributed by atoms with van der Waals surface area (Å²) in [5.74, 6) is -0.878. The molecule has 1 fully saturated rings. The summed E-state index contributed by atoms with van der Waals surface area (Å²) in [5.41, 5.74) is 2.34. The average molecular weight is 369 g/mol. The van der Waals surface area contributed by atoms with E-state index in [1.165, 1.54) is 24.3 Å². The molecule has 0 aliphatic carbocycles. The van der Waals surface area contributed by atoms with E-state index in [-0.39, 0.29) is 11.8 Å². The summed E-state index contributed by atoms with van der Waals surface area (Å²) >= 11 is 0. The number of benzene rings is 2. The summed E-state index contributed by atoms with van der Waals surface area (Å²) in [4.78, 5) is 27.2. The van der Waals surface area contributed by atoms with E-state index in [0.29, 0.717) is 23.4 Å². The zero-order valence-corrected chi connectivity index (χ0v) is 15.4. The number of carbonyl (C=O) groups is 2. The fraction of sp³-hybridized carbons (Fsp3) is 0.333. The molecule has 0 atom stereocenters. The van der Waals surface area contributed by atoms with E-state index in [1.807, 2.05) is 13.0 Å². The number of rotatable bonds is 6. The molecule has 0 spiro atoms. The molecule has 6 heteroatoms. The van der Waals surface area contributed by atoms with Crippen LogP contribution in [0.5, 0.6) is 0 Å². The van der Waals surface area contributed by atoms with Crippen molar-refractivity contribution in [1.29, 1.82) is 0 Å². The van der Waals surface area contributed by atoms with Gasteiger partial charge in [-0.1, -0.05) is 6.92 Å². The first kappa shape index (κ1) is 18.9. The van der Waals surface area contributed by atoms with Gasteiger partial charge in [-0.15, -0.1) is 0 Å². The molecule has 1 heterocycles. The molecule has 2 N–H and O–H groups in total. The predicted octanol–water partition coefficient (Wildman–Crippen LogP) is 3.82. The molecule has 0 bridgehead atoms. The zero-order chi connectivity index (χ0) is 19.2. The second kappa shape index (κ2) is 8.66. The Kier molecular flexibility index (Phi) is 6.06. The van der Waals surface area contributed by atoms with E-state index in [1.54, 1.807) is 12.1 Å². The van der Waals surface area contributed by atoms with Gasteiger partial charge in [-0.05, 0) is 61.7 Å². The van der Waals surface area contributed by atoms with E-state index in [0.717, 1.165) is 38.0 Å². The van der Waals surface area contributed by atoms with Crippen molar-refractivity contribution in [2.24, 2.45) is 0 Å². The molecule has 2 aromatic rings. The van der Waals surface area contributed by atoms with Crippen molar-refractivity contribution in [2.45, 2.75) is 26.2 Å². The Hall–Kier alpha value is -2.89. The highest BCUT2D eigenvalue weighted by atomic mass is 19.1. The van der Waals surface area contributed by atoms with Crippen molar-refractivity contribution in [3.8, 4) is 0 Å². The second-order valence-electron chi connectivity index (χ2n) is 6.64. The topological polar surface area (TPSA) is 61.4 Å². The highest BCUT2D eigenvalue weighted by Crippen LogP contribution is 2.28. The van der Waals surface area contributed by atoms with Gasteiger partial charge >= 0.3 is 0 Å². The largest absolute Gasteiger partial charge is 0.371 e. The highest BCUT2D eigenvalue weighted by Gasteiger charge is 2.20. The Morgan fingerprint density at radius 1 is 1.04 bits per heavy atom. The summed E-state index contributed by atoms with van der Waals surface area (Å²) < 4.78 is 13.0. The average Bonchev–Trinajstić information content (AvgIpc) is 3.21. The molecular formula is C21H24FN3O2. The molecule has 0 saturated carbocycles. The Labute approximate surface area is 158 Å². The van der Waals surface area contributed by atoms with Gasteiger partial charge in [-0.25, -0.2) is 4.39 Å². The third-order valence-electron chi connectivity index (χ3n) is 4.59. The third-order valence-corrected chi connectivity index (χ3v) is 4.59. The summed E-state index contributed by atoms with van der Waals surface area (Å²) in [5, 5.41) is 5.70. The van der Waals surface area contributed by atoms with Crippen molar-refractivity contribution in [3.63, 3.8) is 0 Å². The molecule has 1 saturated heterocycles. The number of nitrogens with one attached hydrogen (secondary N) is 2. The normalized spacial score (nSPS) is 13.5. The van der Waals surface area contributed by atoms with Crippen LogP contribution in [-0.4, -0.2) is 31.4 Å². The monoisotopic (exact) mass is 369 g/mol. The van der Waals surface area contributed by atoms with Crippen molar-refractivity contribution in [3.05, 3.63) is 59.4 Å². The maximum absolute atomic E-state index is 13.0. The first-order valence-electron chi connectivity index (χ1n) is 9.32. The van der Waals surface area contributed by atoms with Gasteiger partial charge in [-0.3, -0.25) is 9.59 Å². The molecule has 1 aliphatic rings. The van der Waals surface area contributed by atoms with Gasteiger partial charge in [-0.2, -0.15) is 0 Å². The van der Waals surface area contributed by atoms with Crippen LogP contribution in [0.3, 0.4) is 0 Å². The van der Waals surface area contributed by atoms with Gasteiger partial charge < -0.3 is 15.5 Å². The maximum Gasteiger partial charge on any atom is 0.255 e. The summed E-state index contributed by atoms with van der Waals surface area (Å²) in [6.07, 6.45) is 3.07. The Morgan fingerprint density at radius 3 is 2.41 bits per heavy atom. The van der Waals surface area contributed by atoms with Crippen LogP contribution in [0.15, 0.2) is 42.5 Å². The van der Waals surface area contributed by atoms with Crippen LogP contribution in [0.2, 0.25) is 0 Å². The van der Waals surface area contributed by atoms with Crippen molar-refractivity contribution in [1.82, 2.24) is 5.32 Å². The van der Waals surface area contributed by atoms with Crippen molar-refractivity contribution in [2.75, 3.05) is 29.9 Å². The molecule has 0 aromatic heterocycles. The van der Waals surface area contributed by atoms with Crippen molar-refractivity contribution >= 4 is 23.2 Å². The number of hydrogen-bond acceptors (Lipinski definition) is 3. The van der Waals surface area contributed by atoms with Gasteiger partial charge in [0.2, 0.25) is 0 Å². The molecule has 1 aliphatic heterocycles. The lowest BCUT2D eigenvalue weighted by Crippen LogP contribution is -2.28. The maximum atomic E-state index is 13.0. The second-order valence-corrected chi connectivity index (χ2v) is 6.64. The minimum atomic E-state index is -0.392. The van der Waals surface area contributed by atoms with Crippen LogP contribution in [-0.2, 0) is 0 Å². The SMILES string of the molecule is CCCNC(=O)c1cc(NC(=O)c2ccc(F)cc2)ccc1N1CCCC1. The summed E-state index contributed by atoms with van der Waals surface area (Å²) in [7, 11) is 0. The van der Waals surface area contributed by atoms with Crippen LogP contribution in [0.4, 0.5) is 15.8 Å². The molecule has 0 radical (unpaired) electrons. The van der Waals surface area contributed by atoms with Gasteiger partial charge in [0.25, 0.3) is 11.8 Å². The molecule has 2 amide bonds. The van der Waals surface area contributed by atoms with Crippen LogP contribution in [0.25, 0.3) is 0 Å². The third kappa shape index (κ3) is 4.64. The van der Waals surface area contributed by atoms with Gasteiger partial charge in [0, 0.05) is 36.6 Å². The lowest BCUT2D eigenvalue weighted by atomic mass is 10.1. The van der Waals surface area contributed by atoms with E-state index in [2.05, 4.69) is 15.5 Å². The predicted molar refractivity (Wildman–Crippen MR) is 105 cm³/mol. The quantitative estimate of drug-likeness (QED) is 0.814. The standard InChI is InChI=1S/C21H24FN3O2/c1-2-11-23-21(27)18-14-17(9-10-19(18)25-12-3-4-13-25)24-20(26)15-5-7-16(22)8-6-15/h5-10,14H,2-4,11-13H2,1H3,(H,23,27)(H,24,26). The molecule has 0 unspecified atom stereocenters. The lowest BCUT2D eigenvalue weighted by molar-refractivity contribution is 0.0952. The number of carbonyl (C=O) groups excluding carboxylic acids is 2. The van der Waals surface area contributed by atoms with Crippen LogP contribution in [0, 0.1) is 5.82 Å². The number of halogens is 1. The van der Waals surface area contributed by atoms with Crippen LogP contribution < -0.4 is 15.5 Å². The molecule has 2 aromatic carbocycles. The fourth-order valence-corrected chi connectivity index (χ4v) is 3.17. The highest BCUT2D eigenvalue weighted by molar-refractivity contribution is 6.06. The van der Waals surface area contributed by atoms with E-state index >= 15 is 0 Å². The smallest absolute Gasteiger partial charge is 0.255 e. The molecule has 5 nitrogen and oxygen atoms in total. The molecule has 3 rings (SSSR count). The number of nitrogens with zero attached hydrogens (tertiary/aromatic N) is 1. The lowest BCUT2D eigenvalue weighted by Gasteiger charge is -2.22. The van der Waals surface area contributed by atoms with Crippen LogP contribution >= 0.6 is 0 Å². The number of anilines is 2. The Balaban J connectivity index is 1.84. The van der Waals surface area contributed by atoms with E-state index in [4.69, 9.17) is 0 Å². The molecule has 142 valence electrons. The summed E-state index contributed by atoms with van der Waals surface area (Å²) in [6.45, 7) is 4.45. The van der Waals surface area contributed by atoms with E-state index < -0.39 is 5.82 Å². The van der Waals surface area contributed by atoms with Crippen LogP contribution in [0.1, 0.15) is 46.9 Å².